The maximum Gasteiger partial charge on any atom is 0.329 e. The van der Waals surface area contributed by atoms with Gasteiger partial charge in [-0.3, -0.25) is 4.79 Å². The third kappa shape index (κ3) is 5.53. The van der Waals surface area contributed by atoms with Crippen LogP contribution in [0.25, 0.3) is 21.7 Å². The molecule has 1 saturated carbocycles. The highest BCUT2D eigenvalue weighted by Gasteiger charge is 2.23. The highest BCUT2D eigenvalue weighted by Crippen LogP contribution is 2.34. The van der Waals surface area contributed by atoms with Crippen LogP contribution in [0.3, 0.4) is 0 Å². The average Bonchev–Trinajstić information content (AvgIpc) is 3.22. The van der Waals surface area contributed by atoms with E-state index in [-0.39, 0.29) is 12.2 Å². The van der Waals surface area contributed by atoms with Crippen molar-refractivity contribution >= 4 is 17.3 Å². The Hall–Kier alpha value is -2.77. The van der Waals surface area contributed by atoms with Crippen molar-refractivity contribution in [2.45, 2.75) is 39.2 Å². The molecule has 1 N–H and O–H groups in total. The maximum absolute atomic E-state index is 13.0. The molecule has 32 heavy (non-hydrogen) atoms. The predicted octanol–water partition coefficient (Wildman–Crippen LogP) is 4.85. The van der Waals surface area contributed by atoms with Gasteiger partial charge in [0.1, 0.15) is 6.61 Å². The van der Waals surface area contributed by atoms with Crippen LogP contribution >= 0.6 is 11.3 Å². The minimum absolute atomic E-state index is 0.0716. The Morgan fingerprint density at radius 3 is 2.50 bits per heavy atom. The van der Waals surface area contributed by atoms with E-state index in [0.29, 0.717) is 25.0 Å². The van der Waals surface area contributed by atoms with E-state index in [2.05, 4.69) is 19.1 Å². The molecular weight excluding hydrogens is 424 g/mol. The number of carboxylic acid groups (broad SMARTS) is 1. The molecule has 0 atom stereocenters. The molecule has 1 aliphatic rings. The quantitative estimate of drug-likeness (QED) is 0.528. The smallest absolute Gasteiger partial charge is 0.329 e. The summed E-state index contributed by atoms with van der Waals surface area (Å²) >= 11 is 1.67. The highest BCUT2D eigenvalue weighted by atomic mass is 32.1. The molecule has 2 aromatic heterocycles. The molecule has 2 heterocycles. The number of rotatable bonds is 8. The second kappa shape index (κ2) is 10.2. The summed E-state index contributed by atoms with van der Waals surface area (Å²) in [7, 11) is 0. The monoisotopic (exact) mass is 452 g/mol. The van der Waals surface area contributed by atoms with E-state index in [1.165, 1.54) is 4.88 Å². The van der Waals surface area contributed by atoms with Crippen molar-refractivity contribution < 1.29 is 14.6 Å². The van der Waals surface area contributed by atoms with Crippen LogP contribution in [-0.4, -0.2) is 34.1 Å². The van der Waals surface area contributed by atoms with Gasteiger partial charge in [0.15, 0.2) is 0 Å². The molecular formula is C25H28N2O4S. The number of aryl methyl sites for hydroxylation is 1. The lowest BCUT2D eigenvalue weighted by Crippen LogP contribution is -2.29. The predicted molar refractivity (Wildman–Crippen MR) is 126 cm³/mol. The Morgan fingerprint density at radius 2 is 1.84 bits per heavy atom. The van der Waals surface area contributed by atoms with E-state index in [1.807, 2.05) is 30.3 Å². The van der Waals surface area contributed by atoms with Gasteiger partial charge in [0.2, 0.25) is 0 Å². The molecule has 1 fully saturated rings. The van der Waals surface area contributed by atoms with Crippen LogP contribution in [0, 0.1) is 18.8 Å². The van der Waals surface area contributed by atoms with Crippen molar-refractivity contribution in [3.63, 3.8) is 0 Å². The second-order valence-electron chi connectivity index (χ2n) is 8.50. The highest BCUT2D eigenvalue weighted by molar-refractivity contribution is 7.15. The van der Waals surface area contributed by atoms with Gasteiger partial charge in [-0.15, -0.1) is 11.3 Å². The van der Waals surface area contributed by atoms with E-state index in [0.717, 1.165) is 47.4 Å². The molecule has 7 heteroatoms. The van der Waals surface area contributed by atoms with Gasteiger partial charge in [-0.2, -0.15) is 5.10 Å². The normalized spacial score (nSPS) is 18.5. The fourth-order valence-electron chi connectivity index (χ4n) is 4.34. The Balaban J connectivity index is 1.52. The molecule has 3 aromatic rings. The minimum atomic E-state index is -0.931. The van der Waals surface area contributed by atoms with Crippen molar-refractivity contribution in [2.75, 3.05) is 13.2 Å². The summed E-state index contributed by atoms with van der Waals surface area (Å²) in [4.78, 5) is 25.8. The fourth-order valence-corrected chi connectivity index (χ4v) is 5.22. The third-order valence-corrected chi connectivity index (χ3v) is 7.06. The molecule has 0 bridgehead atoms. The van der Waals surface area contributed by atoms with Crippen LogP contribution in [0.5, 0.6) is 0 Å². The molecule has 0 amide bonds. The van der Waals surface area contributed by atoms with Gasteiger partial charge in [-0.1, -0.05) is 30.3 Å². The van der Waals surface area contributed by atoms with Gasteiger partial charge < -0.3 is 9.84 Å². The Kier molecular flexibility index (Phi) is 7.17. The van der Waals surface area contributed by atoms with Crippen LogP contribution in [0.15, 0.2) is 53.3 Å². The van der Waals surface area contributed by atoms with Gasteiger partial charge in [-0.05, 0) is 56.6 Å². The average molecular weight is 453 g/mol. The number of hydrogen-bond donors (Lipinski definition) is 1. The van der Waals surface area contributed by atoms with Crippen molar-refractivity contribution in [1.82, 2.24) is 9.78 Å². The number of ether oxygens (including phenoxy) is 1. The summed E-state index contributed by atoms with van der Waals surface area (Å²) in [5.41, 5.74) is 2.65. The molecule has 6 nitrogen and oxygen atoms in total. The number of nitrogens with zero attached hydrogens (tertiary/aromatic N) is 2. The van der Waals surface area contributed by atoms with Gasteiger partial charge >= 0.3 is 5.97 Å². The summed E-state index contributed by atoms with van der Waals surface area (Å²) in [5, 5.41) is 13.5. The number of hydrogen-bond acceptors (Lipinski definition) is 5. The van der Waals surface area contributed by atoms with E-state index in [4.69, 9.17) is 14.9 Å². The fraction of sp³-hybridized carbons (Fsp3) is 0.400. The summed E-state index contributed by atoms with van der Waals surface area (Å²) in [6, 6.07) is 15.9. The standard InChI is InChI=1S/C25H28N2O4S/c1-17-7-12-22(32-17)21-13-23(28)27(26-25(21)20-5-3-2-4-6-20)14-18-8-10-19(11-9-18)15-31-16-24(29)30/h2-7,12-13,18-19H,8-11,14-16H2,1H3,(H,29,30)/t18-,19-. The zero-order valence-electron chi connectivity index (χ0n) is 18.2. The van der Waals surface area contributed by atoms with Crippen LogP contribution in [0.2, 0.25) is 0 Å². The molecule has 1 aromatic carbocycles. The molecule has 0 unspecified atom stereocenters. The van der Waals surface area contributed by atoms with Crippen molar-refractivity contribution in [3.8, 4) is 21.7 Å². The van der Waals surface area contributed by atoms with Crippen molar-refractivity contribution in [2.24, 2.45) is 11.8 Å². The van der Waals surface area contributed by atoms with Gasteiger partial charge in [0.05, 0.1) is 12.3 Å². The lowest BCUT2D eigenvalue weighted by Gasteiger charge is -2.28. The van der Waals surface area contributed by atoms with Gasteiger partial charge in [-0.25, -0.2) is 9.48 Å². The summed E-state index contributed by atoms with van der Waals surface area (Å²) in [6.07, 6.45) is 3.94. The first-order chi connectivity index (χ1) is 15.5. The SMILES string of the molecule is Cc1ccc(-c2cc(=O)n(C[C@H]3CC[C@H](COCC(=O)O)CC3)nc2-c2ccccc2)s1. The van der Waals surface area contributed by atoms with E-state index in [9.17, 15) is 9.59 Å². The molecule has 4 rings (SSSR count). The van der Waals surface area contributed by atoms with Crippen molar-refractivity contribution in [1.29, 1.82) is 0 Å². The summed E-state index contributed by atoms with van der Waals surface area (Å²) in [6.45, 7) is 2.92. The third-order valence-electron chi connectivity index (χ3n) is 6.03. The molecule has 0 radical (unpaired) electrons. The van der Waals surface area contributed by atoms with Crippen molar-refractivity contribution in [3.05, 3.63) is 63.8 Å². The number of carbonyl (C=O) groups is 1. The topological polar surface area (TPSA) is 81.4 Å². The first kappa shape index (κ1) is 22.4. The molecule has 0 saturated heterocycles. The number of thiophene rings is 1. The second-order valence-corrected chi connectivity index (χ2v) is 9.79. The zero-order valence-corrected chi connectivity index (χ0v) is 19.0. The molecule has 0 aliphatic heterocycles. The Bertz CT molecular complexity index is 1110. The number of benzene rings is 1. The molecule has 168 valence electrons. The van der Waals surface area contributed by atoms with E-state index >= 15 is 0 Å². The number of aliphatic carboxylic acids is 1. The Morgan fingerprint density at radius 1 is 1.12 bits per heavy atom. The number of carboxylic acids is 1. The largest absolute Gasteiger partial charge is 0.480 e. The molecule has 0 spiro atoms. The van der Waals surface area contributed by atoms with E-state index < -0.39 is 5.97 Å². The van der Waals surface area contributed by atoms with Gasteiger partial charge in [0, 0.05) is 33.5 Å². The first-order valence-corrected chi connectivity index (χ1v) is 11.8. The van der Waals surface area contributed by atoms with Crippen LogP contribution in [0.4, 0.5) is 0 Å². The summed E-state index contributed by atoms with van der Waals surface area (Å²) < 4.78 is 6.89. The van der Waals surface area contributed by atoms with Crippen LogP contribution in [0.1, 0.15) is 30.6 Å². The summed E-state index contributed by atoms with van der Waals surface area (Å²) in [5.74, 6) is -0.159. The molecule has 1 aliphatic carbocycles. The lowest BCUT2D eigenvalue weighted by molar-refractivity contribution is -0.142. The lowest BCUT2D eigenvalue weighted by atomic mass is 9.82. The van der Waals surface area contributed by atoms with E-state index in [1.54, 1.807) is 22.1 Å². The van der Waals surface area contributed by atoms with Crippen LogP contribution in [-0.2, 0) is 16.1 Å². The minimum Gasteiger partial charge on any atom is -0.480 e. The number of aromatic nitrogens is 2. The Labute approximate surface area is 191 Å². The first-order valence-electron chi connectivity index (χ1n) is 11.0. The van der Waals surface area contributed by atoms with Gasteiger partial charge in [0.25, 0.3) is 5.56 Å². The maximum atomic E-state index is 13.0. The zero-order chi connectivity index (χ0) is 22.5. The van der Waals surface area contributed by atoms with Crippen LogP contribution < -0.4 is 5.56 Å².